The molecule has 88 valence electrons. The molecule has 5 heteroatoms. The fraction of sp³-hybridized carbons (Fsp3) is 0.900. The number of hydrogen-bond acceptors (Lipinski definition) is 4. The number of rotatable bonds is 6. The predicted molar refractivity (Wildman–Crippen MR) is 56.5 cm³/mol. The fourth-order valence-corrected chi connectivity index (χ4v) is 1.56. The average molecular weight is 216 g/mol. The Labute approximate surface area is 90.2 Å². The van der Waals surface area contributed by atoms with Crippen molar-refractivity contribution in [2.24, 2.45) is 0 Å². The molecule has 0 aromatic carbocycles. The Morgan fingerprint density at radius 2 is 2.53 bits per heavy atom. The number of amides is 1. The Balaban J connectivity index is 2.14. The van der Waals surface area contributed by atoms with Gasteiger partial charge in [0, 0.05) is 19.7 Å². The van der Waals surface area contributed by atoms with E-state index in [0.717, 1.165) is 19.4 Å². The van der Waals surface area contributed by atoms with Crippen LogP contribution in [0.25, 0.3) is 0 Å². The number of carbonyl (C=O) groups is 1. The van der Waals surface area contributed by atoms with E-state index in [1.165, 1.54) is 0 Å². The standard InChI is InChI=1S/C10H20N2O3/c1-2-15-7-8(13)6-12-9-4-3-5-11-10(9)14/h8-9,12-13H,2-7H2,1H3,(H,11,14). The maximum absolute atomic E-state index is 11.3. The molecule has 2 unspecified atom stereocenters. The molecule has 3 N–H and O–H groups in total. The normalized spacial score (nSPS) is 23.6. The molecular formula is C10H20N2O3. The number of aliphatic hydroxyl groups is 1. The first kappa shape index (κ1) is 12.4. The lowest BCUT2D eigenvalue weighted by Crippen LogP contribution is -2.50. The molecule has 0 saturated carbocycles. The van der Waals surface area contributed by atoms with E-state index in [4.69, 9.17) is 4.74 Å². The number of piperidine rings is 1. The number of nitrogens with one attached hydrogen (secondary N) is 2. The van der Waals surface area contributed by atoms with Gasteiger partial charge in [-0.3, -0.25) is 4.79 Å². The van der Waals surface area contributed by atoms with Gasteiger partial charge in [0.2, 0.25) is 5.91 Å². The smallest absolute Gasteiger partial charge is 0.237 e. The largest absolute Gasteiger partial charge is 0.389 e. The van der Waals surface area contributed by atoms with Crippen molar-refractivity contribution in [3.05, 3.63) is 0 Å². The highest BCUT2D eigenvalue weighted by atomic mass is 16.5. The third-order valence-corrected chi connectivity index (χ3v) is 2.40. The van der Waals surface area contributed by atoms with E-state index >= 15 is 0 Å². The van der Waals surface area contributed by atoms with Crippen molar-refractivity contribution >= 4 is 5.91 Å². The van der Waals surface area contributed by atoms with Gasteiger partial charge >= 0.3 is 0 Å². The molecule has 0 aliphatic carbocycles. The molecule has 0 spiro atoms. The van der Waals surface area contributed by atoms with Crippen LogP contribution in [0.4, 0.5) is 0 Å². The third-order valence-electron chi connectivity index (χ3n) is 2.40. The molecule has 1 fully saturated rings. The van der Waals surface area contributed by atoms with Gasteiger partial charge in [-0.05, 0) is 19.8 Å². The van der Waals surface area contributed by atoms with E-state index in [1.807, 2.05) is 6.92 Å². The highest BCUT2D eigenvalue weighted by Gasteiger charge is 2.21. The van der Waals surface area contributed by atoms with Crippen molar-refractivity contribution in [1.29, 1.82) is 0 Å². The van der Waals surface area contributed by atoms with E-state index in [1.54, 1.807) is 0 Å². The number of carbonyl (C=O) groups excluding carboxylic acids is 1. The van der Waals surface area contributed by atoms with Crippen molar-refractivity contribution in [2.75, 3.05) is 26.3 Å². The molecule has 0 aromatic rings. The topological polar surface area (TPSA) is 70.6 Å². The van der Waals surface area contributed by atoms with Crippen LogP contribution in [0.15, 0.2) is 0 Å². The molecule has 1 amide bonds. The minimum absolute atomic E-state index is 0.0323. The van der Waals surface area contributed by atoms with Gasteiger partial charge in [0.15, 0.2) is 0 Å². The fourth-order valence-electron chi connectivity index (χ4n) is 1.56. The van der Waals surface area contributed by atoms with Crippen LogP contribution >= 0.6 is 0 Å². The highest BCUT2D eigenvalue weighted by molar-refractivity contribution is 5.82. The van der Waals surface area contributed by atoms with E-state index in [0.29, 0.717) is 19.8 Å². The summed E-state index contributed by atoms with van der Waals surface area (Å²) in [5.74, 6) is 0.0323. The minimum Gasteiger partial charge on any atom is -0.389 e. The molecule has 1 rings (SSSR count). The molecule has 0 radical (unpaired) electrons. The molecule has 1 saturated heterocycles. The summed E-state index contributed by atoms with van der Waals surface area (Å²) in [6.07, 6.45) is 1.29. The molecule has 1 aliphatic rings. The molecular weight excluding hydrogens is 196 g/mol. The van der Waals surface area contributed by atoms with Crippen molar-refractivity contribution in [3.8, 4) is 0 Å². The zero-order valence-corrected chi connectivity index (χ0v) is 9.16. The van der Waals surface area contributed by atoms with E-state index < -0.39 is 6.10 Å². The van der Waals surface area contributed by atoms with Crippen molar-refractivity contribution < 1.29 is 14.6 Å². The van der Waals surface area contributed by atoms with Crippen LogP contribution in [0.3, 0.4) is 0 Å². The van der Waals surface area contributed by atoms with Gasteiger partial charge in [-0.25, -0.2) is 0 Å². The lowest BCUT2D eigenvalue weighted by Gasteiger charge is -2.24. The summed E-state index contributed by atoms with van der Waals surface area (Å²) >= 11 is 0. The van der Waals surface area contributed by atoms with Gasteiger partial charge in [0.25, 0.3) is 0 Å². The van der Waals surface area contributed by atoms with Crippen LogP contribution in [0.5, 0.6) is 0 Å². The first-order chi connectivity index (χ1) is 7.24. The number of aliphatic hydroxyl groups excluding tert-OH is 1. The summed E-state index contributed by atoms with van der Waals surface area (Å²) in [5, 5.41) is 15.3. The Bertz CT molecular complexity index is 199. The molecule has 0 bridgehead atoms. The monoisotopic (exact) mass is 216 g/mol. The average Bonchev–Trinajstić information content (AvgIpc) is 2.25. The van der Waals surface area contributed by atoms with Crippen molar-refractivity contribution in [2.45, 2.75) is 31.9 Å². The summed E-state index contributed by atoms with van der Waals surface area (Å²) in [6, 6.07) is -0.157. The van der Waals surface area contributed by atoms with Crippen LogP contribution in [0.1, 0.15) is 19.8 Å². The molecule has 1 aliphatic heterocycles. The summed E-state index contributed by atoms with van der Waals surface area (Å²) in [5.41, 5.74) is 0. The van der Waals surface area contributed by atoms with Gasteiger partial charge in [0.05, 0.1) is 18.8 Å². The summed E-state index contributed by atoms with van der Waals surface area (Å²) < 4.78 is 5.07. The van der Waals surface area contributed by atoms with Crippen molar-refractivity contribution in [1.82, 2.24) is 10.6 Å². The summed E-state index contributed by atoms with van der Waals surface area (Å²) in [6.45, 7) is 3.96. The van der Waals surface area contributed by atoms with Gasteiger partial charge in [-0.2, -0.15) is 0 Å². The molecule has 15 heavy (non-hydrogen) atoms. The number of ether oxygens (including phenoxy) is 1. The minimum atomic E-state index is -0.542. The lowest BCUT2D eigenvalue weighted by molar-refractivity contribution is -0.124. The molecule has 1 heterocycles. The van der Waals surface area contributed by atoms with Crippen LogP contribution in [-0.4, -0.2) is 49.5 Å². The van der Waals surface area contributed by atoms with Gasteiger partial charge in [-0.1, -0.05) is 0 Å². The maximum atomic E-state index is 11.3. The Morgan fingerprint density at radius 1 is 1.73 bits per heavy atom. The Hall–Kier alpha value is -0.650. The van der Waals surface area contributed by atoms with E-state index in [-0.39, 0.29) is 11.9 Å². The van der Waals surface area contributed by atoms with E-state index in [2.05, 4.69) is 10.6 Å². The molecule has 0 aromatic heterocycles. The van der Waals surface area contributed by atoms with Crippen LogP contribution in [-0.2, 0) is 9.53 Å². The van der Waals surface area contributed by atoms with Crippen LogP contribution < -0.4 is 10.6 Å². The van der Waals surface area contributed by atoms with Crippen LogP contribution in [0.2, 0.25) is 0 Å². The summed E-state index contributed by atoms with van der Waals surface area (Å²) in [4.78, 5) is 11.3. The third kappa shape index (κ3) is 4.59. The number of hydrogen-bond donors (Lipinski definition) is 3. The second-order valence-corrected chi connectivity index (χ2v) is 3.71. The van der Waals surface area contributed by atoms with Gasteiger partial charge in [0.1, 0.15) is 0 Å². The maximum Gasteiger partial charge on any atom is 0.237 e. The summed E-state index contributed by atoms with van der Waals surface area (Å²) in [7, 11) is 0. The van der Waals surface area contributed by atoms with Gasteiger partial charge in [-0.15, -0.1) is 0 Å². The second-order valence-electron chi connectivity index (χ2n) is 3.71. The predicted octanol–water partition coefficient (Wildman–Crippen LogP) is -0.748. The van der Waals surface area contributed by atoms with Crippen LogP contribution in [0, 0.1) is 0 Å². The molecule has 2 atom stereocenters. The lowest BCUT2D eigenvalue weighted by atomic mass is 10.1. The first-order valence-electron chi connectivity index (χ1n) is 5.51. The zero-order valence-electron chi connectivity index (χ0n) is 9.16. The van der Waals surface area contributed by atoms with E-state index in [9.17, 15) is 9.90 Å². The quantitative estimate of drug-likeness (QED) is 0.546. The second kappa shape index (κ2) is 6.76. The SMILES string of the molecule is CCOCC(O)CNC1CCCNC1=O. The zero-order chi connectivity index (χ0) is 11.1. The highest BCUT2D eigenvalue weighted by Crippen LogP contribution is 2.02. The van der Waals surface area contributed by atoms with Crippen molar-refractivity contribution in [3.63, 3.8) is 0 Å². The first-order valence-corrected chi connectivity index (χ1v) is 5.51. The Kier molecular flexibility index (Phi) is 5.60. The van der Waals surface area contributed by atoms with Gasteiger partial charge < -0.3 is 20.5 Å². The Morgan fingerprint density at radius 3 is 3.20 bits per heavy atom. The molecule has 5 nitrogen and oxygen atoms in total.